The number of rotatable bonds is 1. The molecule has 1 heterocycles. The molecule has 6 heteroatoms. The average Bonchev–Trinajstić information content (AvgIpc) is 1.88. The molecule has 0 saturated carbocycles. The van der Waals surface area contributed by atoms with Gasteiger partial charge in [0.2, 0.25) is 0 Å². The van der Waals surface area contributed by atoms with Crippen molar-refractivity contribution in [1.82, 2.24) is 9.66 Å². The second kappa shape index (κ2) is 2.26. The van der Waals surface area contributed by atoms with E-state index in [2.05, 4.69) is 10.3 Å². The molecule has 0 amide bonds. The van der Waals surface area contributed by atoms with Crippen LogP contribution >= 0.6 is 0 Å². The standard InChI is InChI=1S/C4H4N4O2/c5-3-1-2-8(7-10)4(9)6-3/h1-2H,(H2,5,6,9). The minimum Gasteiger partial charge on any atom is -0.383 e. The normalized spacial score (nSPS) is 9.20. The van der Waals surface area contributed by atoms with Crippen molar-refractivity contribution in [2.24, 2.45) is 5.29 Å². The van der Waals surface area contributed by atoms with Crippen LogP contribution in [0.15, 0.2) is 22.3 Å². The van der Waals surface area contributed by atoms with E-state index in [1.165, 1.54) is 6.07 Å². The Bertz CT molecular complexity index is 304. The Kier molecular flexibility index (Phi) is 1.44. The first-order chi connectivity index (χ1) is 4.74. The Morgan fingerprint density at radius 1 is 1.70 bits per heavy atom. The maximum atomic E-state index is 10.5. The molecule has 0 aliphatic carbocycles. The fourth-order valence-corrected chi connectivity index (χ4v) is 0.472. The highest BCUT2D eigenvalue weighted by molar-refractivity contribution is 5.23. The van der Waals surface area contributed by atoms with E-state index >= 15 is 0 Å². The third kappa shape index (κ3) is 0.993. The van der Waals surface area contributed by atoms with Crippen LogP contribution in [0.4, 0.5) is 5.82 Å². The first kappa shape index (κ1) is 6.40. The fraction of sp³-hybridized carbons (Fsp3) is 0. The van der Waals surface area contributed by atoms with Gasteiger partial charge in [-0.25, -0.2) is 4.79 Å². The SMILES string of the molecule is Nc1ccn(N=O)c(=O)n1. The molecule has 0 unspecified atom stereocenters. The molecule has 0 radical (unpaired) electrons. The molecule has 1 aromatic rings. The summed E-state index contributed by atoms with van der Waals surface area (Å²) in [4.78, 5) is 23.6. The van der Waals surface area contributed by atoms with E-state index in [4.69, 9.17) is 5.73 Å². The highest BCUT2D eigenvalue weighted by atomic mass is 16.3. The molecule has 0 aromatic carbocycles. The quantitative estimate of drug-likeness (QED) is 0.525. The molecular formula is C4H4N4O2. The lowest BCUT2D eigenvalue weighted by molar-refractivity contribution is 0.778. The summed E-state index contributed by atoms with van der Waals surface area (Å²) in [6, 6.07) is 1.31. The minimum atomic E-state index is -0.769. The highest BCUT2D eigenvalue weighted by Crippen LogP contribution is 1.87. The zero-order chi connectivity index (χ0) is 7.56. The van der Waals surface area contributed by atoms with Crippen molar-refractivity contribution in [2.75, 3.05) is 5.73 Å². The van der Waals surface area contributed by atoms with Crippen molar-refractivity contribution in [3.05, 3.63) is 27.7 Å². The van der Waals surface area contributed by atoms with E-state index in [1.807, 2.05) is 0 Å². The highest BCUT2D eigenvalue weighted by Gasteiger charge is 1.93. The van der Waals surface area contributed by atoms with Crippen molar-refractivity contribution >= 4 is 5.82 Å². The number of nitrogens with two attached hydrogens (primary N) is 1. The van der Waals surface area contributed by atoms with Crippen LogP contribution in [0.5, 0.6) is 0 Å². The van der Waals surface area contributed by atoms with Gasteiger partial charge in [0.25, 0.3) is 0 Å². The Morgan fingerprint density at radius 3 is 2.90 bits per heavy atom. The van der Waals surface area contributed by atoms with Gasteiger partial charge in [0.05, 0.1) is 5.29 Å². The maximum absolute atomic E-state index is 10.5. The number of hydrogen-bond donors (Lipinski definition) is 1. The summed E-state index contributed by atoms with van der Waals surface area (Å²) < 4.78 is 0.552. The summed E-state index contributed by atoms with van der Waals surface area (Å²) in [5.41, 5.74) is 4.35. The van der Waals surface area contributed by atoms with Gasteiger partial charge < -0.3 is 5.73 Å². The van der Waals surface area contributed by atoms with E-state index in [0.29, 0.717) is 4.68 Å². The van der Waals surface area contributed by atoms with Gasteiger partial charge in [0.1, 0.15) is 5.82 Å². The number of anilines is 1. The van der Waals surface area contributed by atoms with Gasteiger partial charge in [-0.05, 0) is 6.07 Å². The number of hydrogen-bond acceptors (Lipinski definition) is 5. The molecule has 0 aliphatic heterocycles. The van der Waals surface area contributed by atoms with Crippen LogP contribution in [0.2, 0.25) is 0 Å². The zero-order valence-corrected chi connectivity index (χ0v) is 4.89. The molecule has 0 atom stereocenters. The second-order valence-corrected chi connectivity index (χ2v) is 1.56. The lowest BCUT2D eigenvalue weighted by Gasteiger charge is -1.90. The van der Waals surface area contributed by atoms with Gasteiger partial charge in [-0.2, -0.15) is 9.66 Å². The van der Waals surface area contributed by atoms with Crippen LogP contribution < -0.4 is 11.4 Å². The molecule has 6 nitrogen and oxygen atoms in total. The summed E-state index contributed by atoms with van der Waals surface area (Å²) in [6.07, 6.45) is 1.15. The van der Waals surface area contributed by atoms with Crippen molar-refractivity contribution < 1.29 is 0 Å². The van der Waals surface area contributed by atoms with Gasteiger partial charge in [-0.3, -0.25) is 0 Å². The molecule has 0 spiro atoms. The molecule has 1 aromatic heterocycles. The summed E-state index contributed by atoms with van der Waals surface area (Å²) in [5.74, 6) is 0.0740. The van der Waals surface area contributed by atoms with Gasteiger partial charge in [-0.15, -0.1) is 4.91 Å². The van der Waals surface area contributed by atoms with Crippen LogP contribution in [-0.2, 0) is 0 Å². The number of nitroso groups, excluding NO2 is 1. The van der Waals surface area contributed by atoms with Crippen molar-refractivity contribution in [2.45, 2.75) is 0 Å². The van der Waals surface area contributed by atoms with E-state index in [1.54, 1.807) is 0 Å². The third-order valence-corrected chi connectivity index (χ3v) is 0.895. The predicted octanol–water partition coefficient (Wildman–Crippen LogP) is -0.645. The van der Waals surface area contributed by atoms with Gasteiger partial charge in [-0.1, -0.05) is 0 Å². The molecule has 0 bridgehead atoms. The van der Waals surface area contributed by atoms with E-state index in [0.717, 1.165) is 6.20 Å². The number of aromatic nitrogens is 2. The monoisotopic (exact) mass is 140 g/mol. The Balaban J connectivity index is 3.33. The summed E-state index contributed by atoms with van der Waals surface area (Å²) >= 11 is 0. The van der Waals surface area contributed by atoms with Gasteiger partial charge >= 0.3 is 5.69 Å². The molecule has 2 N–H and O–H groups in total. The maximum Gasteiger partial charge on any atom is 0.372 e. The Labute approximate surface area is 55.2 Å². The minimum absolute atomic E-state index is 0.0740. The summed E-state index contributed by atoms with van der Waals surface area (Å²) in [6.45, 7) is 0. The molecule has 0 saturated heterocycles. The first-order valence-corrected chi connectivity index (χ1v) is 2.43. The molecule has 0 fully saturated rings. The van der Waals surface area contributed by atoms with Crippen LogP contribution in [0.1, 0.15) is 0 Å². The number of nitrogens with zero attached hydrogens (tertiary/aromatic N) is 3. The largest absolute Gasteiger partial charge is 0.383 e. The van der Waals surface area contributed by atoms with Crippen LogP contribution in [0, 0.1) is 4.91 Å². The van der Waals surface area contributed by atoms with E-state index < -0.39 is 5.69 Å². The second-order valence-electron chi connectivity index (χ2n) is 1.56. The molecule has 1 rings (SSSR count). The van der Waals surface area contributed by atoms with Crippen LogP contribution in [0.3, 0.4) is 0 Å². The summed E-state index contributed by atoms with van der Waals surface area (Å²) in [5, 5.41) is 2.35. The van der Waals surface area contributed by atoms with E-state index in [9.17, 15) is 9.70 Å². The van der Waals surface area contributed by atoms with Gasteiger partial charge in [0, 0.05) is 6.20 Å². The Hall–Kier alpha value is -1.72. The lowest BCUT2D eigenvalue weighted by Crippen LogP contribution is -2.19. The van der Waals surface area contributed by atoms with Crippen molar-refractivity contribution in [3.63, 3.8) is 0 Å². The fourth-order valence-electron chi connectivity index (χ4n) is 0.472. The van der Waals surface area contributed by atoms with Gasteiger partial charge in [0.15, 0.2) is 0 Å². The first-order valence-electron chi connectivity index (χ1n) is 2.43. The smallest absolute Gasteiger partial charge is 0.372 e. The molecule has 10 heavy (non-hydrogen) atoms. The molecular weight excluding hydrogens is 136 g/mol. The topological polar surface area (TPSA) is 90.3 Å². The predicted molar refractivity (Wildman–Crippen MR) is 34.1 cm³/mol. The van der Waals surface area contributed by atoms with Crippen molar-refractivity contribution in [3.8, 4) is 0 Å². The third-order valence-electron chi connectivity index (χ3n) is 0.895. The summed E-state index contributed by atoms with van der Waals surface area (Å²) in [7, 11) is 0. The lowest BCUT2D eigenvalue weighted by atomic mass is 10.6. The molecule has 52 valence electrons. The zero-order valence-electron chi connectivity index (χ0n) is 4.89. The van der Waals surface area contributed by atoms with E-state index in [-0.39, 0.29) is 5.82 Å². The van der Waals surface area contributed by atoms with Crippen LogP contribution in [-0.4, -0.2) is 9.66 Å². The van der Waals surface area contributed by atoms with Crippen molar-refractivity contribution in [1.29, 1.82) is 0 Å². The Morgan fingerprint density at radius 2 is 2.40 bits per heavy atom. The average molecular weight is 140 g/mol. The molecule has 0 aliphatic rings. The van der Waals surface area contributed by atoms with Crippen LogP contribution in [0.25, 0.3) is 0 Å². The number of nitrogen functional groups attached to an aromatic ring is 1.